The Bertz CT molecular complexity index is 956. The van der Waals surface area contributed by atoms with E-state index in [4.69, 9.17) is 0 Å². The van der Waals surface area contributed by atoms with Crippen molar-refractivity contribution in [3.63, 3.8) is 0 Å². The summed E-state index contributed by atoms with van der Waals surface area (Å²) in [6, 6.07) is 20.7. The Morgan fingerprint density at radius 3 is 2.14 bits per heavy atom. The van der Waals surface area contributed by atoms with Crippen LogP contribution in [0.5, 0.6) is 0 Å². The molecule has 0 aliphatic carbocycles. The number of nitrogens with zero attached hydrogens (tertiary/aromatic N) is 3. The summed E-state index contributed by atoms with van der Waals surface area (Å²) in [4.78, 5) is 15.5. The molecule has 1 unspecified atom stereocenters. The summed E-state index contributed by atoms with van der Waals surface area (Å²) in [5, 5.41) is 3.55. The molecule has 5 heteroatoms. The van der Waals surface area contributed by atoms with E-state index in [1.165, 1.54) is 5.56 Å². The zero-order valence-electron chi connectivity index (χ0n) is 17.9. The molecule has 3 rings (SSSR count). The molecule has 0 aliphatic rings. The average Bonchev–Trinajstić information content (AvgIpc) is 2.97. The third-order valence-corrected chi connectivity index (χ3v) is 5.75. The van der Waals surface area contributed by atoms with E-state index in [0.717, 1.165) is 36.6 Å². The second-order valence-electron chi connectivity index (χ2n) is 7.32. The van der Waals surface area contributed by atoms with Crippen LogP contribution in [0.3, 0.4) is 0 Å². The maximum atomic E-state index is 13.1. The van der Waals surface area contributed by atoms with Crippen LogP contribution in [-0.2, 0) is 13.6 Å². The van der Waals surface area contributed by atoms with Gasteiger partial charge in [0.05, 0.1) is 11.3 Å². The van der Waals surface area contributed by atoms with E-state index in [0.29, 0.717) is 6.54 Å². The van der Waals surface area contributed by atoms with Crippen LogP contribution in [0.25, 0.3) is 5.69 Å². The summed E-state index contributed by atoms with van der Waals surface area (Å²) in [5.41, 5.74) is 4.05. The highest BCUT2D eigenvalue weighted by atomic mass is 16.1. The Hall–Kier alpha value is -2.63. The molecule has 0 spiro atoms. The van der Waals surface area contributed by atoms with Gasteiger partial charge in [-0.25, -0.2) is 4.68 Å². The van der Waals surface area contributed by atoms with E-state index < -0.39 is 0 Å². The number of rotatable bonds is 9. The minimum Gasteiger partial charge on any atom is -0.310 e. The predicted octanol–water partition coefficient (Wildman–Crippen LogP) is 3.66. The van der Waals surface area contributed by atoms with Gasteiger partial charge in [0.2, 0.25) is 0 Å². The maximum absolute atomic E-state index is 13.1. The Morgan fingerprint density at radius 1 is 0.966 bits per heavy atom. The molecule has 0 saturated carbocycles. The van der Waals surface area contributed by atoms with Gasteiger partial charge in [0.15, 0.2) is 0 Å². The van der Waals surface area contributed by atoms with Gasteiger partial charge < -0.3 is 5.32 Å². The molecular formula is C24H32N4O. The lowest BCUT2D eigenvalue weighted by Gasteiger charge is -2.30. The highest BCUT2D eigenvalue weighted by Gasteiger charge is 2.19. The minimum atomic E-state index is 0.0443. The second-order valence-corrected chi connectivity index (χ2v) is 7.32. The van der Waals surface area contributed by atoms with E-state index in [1.807, 2.05) is 49.0 Å². The van der Waals surface area contributed by atoms with Gasteiger partial charge in [-0.05, 0) is 37.7 Å². The number of para-hydroxylation sites is 1. The van der Waals surface area contributed by atoms with Crippen molar-refractivity contribution in [2.45, 2.75) is 33.4 Å². The molecule has 1 heterocycles. The first-order valence-corrected chi connectivity index (χ1v) is 10.4. The molecule has 0 bridgehead atoms. The summed E-state index contributed by atoms with van der Waals surface area (Å²) in [6.45, 7) is 9.73. The zero-order chi connectivity index (χ0) is 20.8. The lowest BCUT2D eigenvalue weighted by atomic mass is 10.0. The van der Waals surface area contributed by atoms with Crippen molar-refractivity contribution < 1.29 is 0 Å². The molecule has 3 aromatic rings. The molecule has 0 aliphatic heterocycles. The molecule has 1 N–H and O–H groups in total. The van der Waals surface area contributed by atoms with Crippen molar-refractivity contribution in [2.75, 3.05) is 19.6 Å². The van der Waals surface area contributed by atoms with Crippen molar-refractivity contribution in [3.05, 3.63) is 87.8 Å². The molecule has 0 fully saturated rings. The lowest BCUT2D eigenvalue weighted by Crippen LogP contribution is -2.36. The highest BCUT2D eigenvalue weighted by Crippen LogP contribution is 2.20. The fourth-order valence-electron chi connectivity index (χ4n) is 3.96. The summed E-state index contributed by atoms with van der Waals surface area (Å²) in [5.74, 6) is 0. The molecular weight excluding hydrogens is 360 g/mol. The van der Waals surface area contributed by atoms with E-state index in [9.17, 15) is 4.79 Å². The molecule has 0 saturated heterocycles. The third-order valence-electron chi connectivity index (χ3n) is 5.75. The van der Waals surface area contributed by atoms with Crippen molar-refractivity contribution in [3.8, 4) is 5.69 Å². The lowest BCUT2D eigenvalue weighted by molar-refractivity contribution is 0.213. The summed E-state index contributed by atoms with van der Waals surface area (Å²) >= 11 is 0. The maximum Gasteiger partial charge on any atom is 0.276 e. The molecule has 2 aromatic carbocycles. The predicted molar refractivity (Wildman–Crippen MR) is 120 cm³/mol. The Kier molecular flexibility index (Phi) is 7.07. The SMILES string of the molecule is CCN(CC)C(CNCc1c(C)n(C)n(-c2ccccc2)c1=O)c1ccccc1. The van der Waals surface area contributed by atoms with Gasteiger partial charge in [-0.1, -0.05) is 62.4 Å². The molecule has 29 heavy (non-hydrogen) atoms. The number of nitrogens with one attached hydrogen (secondary N) is 1. The zero-order valence-corrected chi connectivity index (χ0v) is 17.9. The van der Waals surface area contributed by atoms with Gasteiger partial charge in [0, 0.05) is 31.9 Å². The third kappa shape index (κ3) is 4.52. The molecule has 0 radical (unpaired) electrons. The van der Waals surface area contributed by atoms with Gasteiger partial charge >= 0.3 is 0 Å². The van der Waals surface area contributed by atoms with Crippen LogP contribution in [0.1, 0.15) is 36.7 Å². The number of hydrogen-bond acceptors (Lipinski definition) is 3. The van der Waals surface area contributed by atoms with Crippen molar-refractivity contribution in [2.24, 2.45) is 7.05 Å². The van der Waals surface area contributed by atoms with Crippen LogP contribution >= 0.6 is 0 Å². The van der Waals surface area contributed by atoms with Crippen LogP contribution in [0.15, 0.2) is 65.5 Å². The van der Waals surface area contributed by atoms with Gasteiger partial charge in [-0.3, -0.25) is 14.4 Å². The van der Waals surface area contributed by atoms with Gasteiger partial charge in [0.25, 0.3) is 5.56 Å². The van der Waals surface area contributed by atoms with Gasteiger partial charge in [-0.15, -0.1) is 0 Å². The summed E-state index contributed by atoms with van der Waals surface area (Å²) < 4.78 is 3.68. The molecule has 5 nitrogen and oxygen atoms in total. The number of benzene rings is 2. The van der Waals surface area contributed by atoms with Gasteiger partial charge in [0.1, 0.15) is 0 Å². The van der Waals surface area contributed by atoms with Crippen LogP contribution in [-0.4, -0.2) is 33.9 Å². The van der Waals surface area contributed by atoms with E-state index in [1.54, 1.807) is 4.68 Å². The minimum absolute atomic E-state index is 0.0443. The van der Waals surface area contributed by atoms with Crippen LogP contribution in [0.4, 0.5) is 0 Å². The van der Waals surface area contributed by atoms with Crippen LogP contribution in [0, 0.1) is 6.92 Å². The number of hydrogen-bond donors (Lipinski definition) is 1. The average molecular weight is 393 g/mol. The van der Waals surface area contributed by atoms with E-state index >= 15 is 0 Å². The fraction of sp³-hybridized carbons (Fsp3) is 0.375. The summed E-state index contributed by atoms with van der Waals surface area (Å²) in [6.07, 6.45) is 0. The fourth-order valence-corrected chi connectivity index (χ4v) is 3.96. The van der Waals surface area contributed by atoms with Crippen molar-refractivity contribution >= 4 is 0 Å². The monoisotopic (exact) mass is 392 g/mol. The largest absolute Gasteiger partial charge is 0.310 e. The molecule has 0 amide bonds. The Labute approximate surface area is 173 Å². The van der Waals surface area contributed by atoms with Crippen LogP contribution in [0.2, 0.25) is 0 Å². The molecule has 154 valence electrons. The first-order valence-electron chi connectivity index (χ1n) is 10.4. The van der Waals surface area contributed by atoms with E-state index in [-0.39, 0.29) is 11.6 Å². The van der Waals surface area contributed by atoms with Crippen LogP contribution < -0.4 is 10.9 Å². The quantitative estimate of drug-likeness (QED) is 0.604. The normalized spacial score (nSPS) is 12.4. The molecule has 1 aromatic heterocycles. The summed E-state index contributed by atoms with van der Waals surface area (Å²) in [7, 11) is 1.94. The number of aromatic nitrogens is 2. The topological polar surface area (TPSA) is 42.2 Å². The van der Waals surface area contributed by atoms with Crippen molar-refractivity contribution in [1.82, 2.24) is 19.6 Å². The second kappa shape index (κ2) is 9.72. The van der Waals surface area contributed by atoms with E-state index in [2.05, 4.69) is 54.4 Å². The van der Waals surface area contributed by atoms with Gasteiger partial charge in [-0.2, -0.15) is 0 Å². The molecule has 1 atom stereocenters. The Morgan fingerprint density at radius 2 is 1.55 bits per heavy atom. The Balaban J connectivity index is 1.80. The highest BCUT2D eigenvalue weighted by molar-refractivity contribution is 5.33. The first-order chi connectivity index (χ1) is 14.1. The van der Waals surface area contributed by atoms with Crippen molar-refractivity contribution in [1.29, 1.82) is 0 Å². The first kappa shape index (κ1) is 21.1. The standard InChI is InChI=1S/C24H32N4O/c1-5-27(6-2)23(20-13-9-7-10-14-20)18-25-17-22-19(3)26(4)28(24(22)29)21-15-11-8-12-16-21/h7-16,23,25H,5-6,17-18H2,1-4H3. The number of likely N-dealkylation sites (N-methyl/N-ethyl adjacent to an activating group) is 1. The smallest absolute Gasteiger partial charge is 0.276 e.